The van der Waals surface area contributed by atoms with E-state index in [0.717, 1.165) is 30.2 Å². The lowest BCUT2D eigenvalue weighted by molar-refractivity contribution is -0.117. The van der Waals surface area contributed by atoms with Gasteiger partial charge in [-0.3, -0.25) is 4.79 Å². The van der Waals surface area contributed by atoms with Crippen molar-refractivity contribution in [3.8, 4) is 5.75 Å². The van der Waals surface area contributed by atoms with Gasteiger partial charge in [-0.2, -0.15) is 4.37 Å². The van der Waals surface area contributed by atoms with Gasteiger partial charge >= 0.3 is 0 Å². The minimum absolute atomic E-state index is 0.140. The zero-order chi connectivity index (χ0) is 16.9. The van der Waals surface area contributed by atoms with Crippen LogP contribution in [0.5, 0.6) is 5.75 Å². The van der Waals surface area contributed by atoms with Gasteiger partial charge in [-0.25, -0.2) is 4.98 Å². The van der Waals surface area contributed by atoms with Gasteiger partial charge in [0.2, 0.25) is 11.0 Å². The first kappa shape index (κ1) is 16.7. The first-order valence-electron chi connectivity index (χ1n) is 7.78. The zero-order valence-corrected chi connectivity index (χ0v) is 14.6. The van der Waals surface area contributed by atoms with E-state index in [0.29, 0.717) is 30.3 Å². The van der Waals surface area contributed by atoms with Crippen LogP contribution < -0.4 is 15.0 Å². The number of nitrogens with one attached hydrogen (secondary N) is 1. The molecule has 1 aliphatic heterocycles. The molecule has 24 heavy (non-hydrogen) atoms. The topological polar surface area (TPSA) is 76.6 Å². The third-order valence-corrected chi connectivity index (χ3v) is 4.46. The lowest BCUT2D eigenvalue weighted by atomic mass is 10.2. The lowest BCUT2D eigenvalue weighted by Gasteiger charge is -2.19. The average molecular weight is 348 g/mol. The summed E-state index contributed by atoms with van der Waals surface area (Å²) in [5, 5.41) is 3.94. The predicted octanol–water partition coefficient (Wildman–Crippen LogP) is 2.61. The Morgan fingerprint density at radius 3 is 2.96 bits per heavy atom. The summed E-state index contributed by atoms with van der Waals surface area (Å²) in [5.41, 5.74) is 1.65. The standard InChI is InChI=1S/C16H20N4O3S/c1-22-9-7-14-18-16(24-19-14)17-11-5-6-12(13(10-11)23-2)20-8-3-4-15(20)21/h5-6,10H,3-4,7-9H2,1-2H3,(H,17,18,19). The van der Waals surface area contributed by atoms with Crippen LogP contribution in [-0.2, 0) is 16.0 Å². The largest absolute Gasteiger partial charge is 0.494 e. The molecule has 2 aromatic rings. The normalized spacial score (nSPS) is 14.2. The Morgan fingerprint density at radius 2 is 2.25 bits per heavy atom. The summed E-state index contributed by atoms with van der Waals surface area (Å²) in [5.74, 6) is 1.57. The number of benzene rings is 1. The van der Waals surface area contributed by atoms with E-state index in [1.54, 1.807) is 19.1 Å². The van der Waals surface area contributed by atoms with E-state index < -0.39 is 0 Å². The van der Waals surface area contributed by atoms with Crippen molar-refractivity contribution in [1.82, 2.24) is 9.36 Å². The van der Waals surface area contributed by atoms with E-state index in [1.807, 2.05) is 18.2 Å². The van der Waals surface area contributed by atoms with Crippen molar-refractivity contribution in [2.75, 3.05) is 37.6 Å². The molecule has 1 amide bonds. The number of nitrogens with zero attached hydrogens (tertiary/aromatic N) is 3. The molecule has 0 unspecified atom stereocenters. The van der Waals surface area contributed by atoms with Crippen molar-refractivity contribution < 1.29 is 14.3 Å². The van der Waals surface area contributed by atoms with Gasteiger partial charge in [-0.1, -0.05) is 0 Å². The highest BCUT2D eigenvalue weighted by atomic mass is 32.1. The van der Waals surface area contributed by atoms with Crippen LogP contribution in [-0.4, -0.2) is 42.6 Å². The Labute approximate surface area is 144 Å². The highest BCUT2D eigenvalue weighted by Crippen LogP contribution is 2.34. The molecule has 0 bridgehead atoms. The highest BCUT2D eigenvalue weighted by Gasteiger charge is 2.24. The van der Waals surface area contributed by atoms with Gasteiger partial charge in [-0.05, 0) is 18.6 Å². The van der Waals surface area contributed by atoms with E-state index in [9.17, 15) is 4.79 Å². The summed E-state index contributed by atoms with van der Waals surface area (Å²) in [6.07, 6.45) is 2.17. The molecular weight excluding hydrogens is 328 g/mol. The number of aromatic nitrogens is 2. The molecule has 0 saturated carbocycles. The van der Waals surface area contributed by atoms with E-state index >= 15 is 0 Å². The number of anilines is 3. The fourth-order valence-corrected chi connectivity index (χ4v) is 3.24. The number of ether oxygens (including phenoxy) is 2. The summed E-state index contributed by atoms with van der Waals surface area (Å²) in [6.45, 7) is 1.34. The maximum atomic E-state index is 11.9. The molecule has 1 aromatic heterocycles. The van der Waals surface area contributed by atoms with E-state index in [1.165, 1.54) is 11.5 Å². The Hall–Kier alpha value is -2.19. The summed E-state index contributed by atoms with van der Waals surface area (Å²) in [7, 11) is 3.27. The number of carbonyl (C=O) groups is 1. The number of amides is 1. The van der Waals surface area contributed by atoms with Crippen molar-refractivity contribution in [3.05, 3.63) is 24.0 Å². The van der Waals surface area contributed by atoms with E-state index in [-0.39, 0.29) is 5.91 Å². The number of hydrogen-bond acceptors (Lipinski definition) is 7. The fraction of sp³-hybridized carbons (Fsp3) is 0.438. The molecule has 1 aromatic carbocycles. The smallest absolute Gasteiger partial charge is 0.227 e. The van der Waals surface area contributed by atoms with Crippen molar-refractivity contribution in [1.29, 1.82) is 0 Å². The van der Waals surface area contributed by atoms with Crippen LogP contribution in [0.15, 0.2) is 18.2 Å². The van der Waals surface area contributed by atoms with Crippen LogP contribution in [0.3, 0.4) is 0 Å². The Morgan fingerprint density at radius 1 is 1.38 bits per heavy atom. The van der Waals surface area contributed by atoms with Crippen molar-refractivity contribution in [2.45, 2.75) is 19.3 Å². The first-order valence-corrected chi connectivity index (χ1v) is 8.55. The van der Waals surface area contributed by atoms with Gasteiger partial charge in [0.15, 0.2) is 0 Å². The molecule has 7 nitrogen and oxygen atoms in total. The number of carbonyl (C=O) groups excluding carboxylic acids is 1. The van der Waals surface area contributed by atoms with E-state index in [4.69, 9.17) is 9.47 Å². The molecule has 0 spiro atoms. The zero-order valence-electron chi connectivity index (χ0n) is 13.7. The molecule has 2 heterocycles. The quantitative estimate of drug-likeness (QED) is 0.829. The summed E-state index contributed by atoms with van der Waals surface area (Å²) < 4.78 is 14.8. The van der Waals surface area contributed by atoms with Crippen LogP contribution in [0, 0.1) is 0 Å². The second kappa shape index (κ2) is 7.59. The maximum Gasteiger partial charge on any atom is 0.227 e. The van der Waals surface area contributed by atoms with Gasteiger partial charge in [0.25, 0.3) is 0 Å². The molecule has 0 atom stereocenters. The van der Waals surface area contributed by atoms with Gasteiger partial charge < -0.3 is 19.7 Å². The molecule has 3 rings (SSSR count). The monoisotopic (exact) mass is 348 g/mol. The van der Waals surface area contributed by atoms with Crippen LogP contribution >= 0.6 is 11.5 Å². The average Bonchev–Trinajstić information content (AvgIpc) is 3.22. The Bertz CT molecular complexity index is 719. The minimum Gasteiger partial charge on any atom is -0.494 e. The fourth-order valence-electron chi connectivity index (χ4n) is 2.60. The first-order chi connectivity index (χ1) is 11.7. The number of rotatable bonds is 7. The van der Waals surface area contributed by atoms with Crippen LogP contribution in [0.2, 0.25) is 0 Å². The molecule has 1 saturated heterocycles. The summed E-state index contributed by atoms with van der Waals surface area (Å²) >= 11 is 1.31. The third kappa shape index (κ3) is 3.65. The molecule has 128 valence electrons. The van der Waals surface area contributed by atoms with Crippen LogP contribution in [0.25, 0.3) is 0 Å². The van der Waals surface area contributed by atoms with Crippen molar-refractivity contribution >= 4 is 33.9 Å². The summed E-state index contributed by atoms with van der Waals surface area (Å²) in [4.78, 5) is 18.1. The molecule has 0 aliphatic carbocycles. The highest BCUT2D eigenvalue weighted by molar-refractivity contribution is 7.09. The van der Waals surface area contributed by atoms with Gasteiger partial charge in [0.05, 0.1) is 19.4 Å². The van der Waals surface area contributed by atoms with E-state index in [2.05, 4.69) is 14.7 Å². The molecule has 1 fully saturated rings. The second-order valence-corrected chi connectivity index (χ2v) is 6.17. The third-order valence-electron chi connectivity index (χ3n) is 3.79. The summed E-state index contributed by atoms with van der Waals surface area (Å²) in [6, 6.07) is 5.69. The predicted molar refractivity (Wildman–Crippen MR) is 93.4 cm³/mol. The molecule has 1 aliphatic rings. The molecular formula is C16H20N4O3S. The van der Waals surface area contributed by atoms with Gasteiger partial charge in [0, 0.05) is 49.8 Å². The maximum absolute atomic E-state index is 11.9. The number of hydrogen-bond donors (Lipinski definition) is 1. The van der Waals surface area contributed by atoms with Crippen LogP contribution in [0.1, 0.15) is 18.7 Å². The van der Waals surface area contributed by atoms with Crippen molar-refractivity contribution in [3.63, 3.8) is 0 Å². The molecule has 1 N–H and O–H groups in total. The van der Waals surface area contributed by atoms with Crippen molar-refractivity contribution in [2.24, 2.45) is 0 Å². The molecule has 0 radical (unpaired) electrons. The van der Waals surface area contributed by atoms with Gasteiger partial charge in [-0.15, -0.1) is 0 Å². The minimum atomic E-state index is 0.140. The van der Waals surface area contributed by atoms with Crippen LogP contribution in [0.4, 0.5) is 16.5 Å². The SMILES string of the molecule is COCCc1nsc(Nc2ccc(N3CCCC3=O)c(OC)c2)n1. The molecule has 8 heteroatoms. The van der Waals surface area contributed by atoms with Gasteiger partial charge in [0.1, 0.15) is 11.6 Å². The number of methoxy groups -OCH3 is 2. The Balaban J connectivity index is 1.74. The second-order valence-electron chi connectivity index (χ2n) is 5.42. The lowest BCUT2D eigenvalue weighted by Crippen LogP contribution is -2.24. The Kier molecular flexibility index (Phi) is 5.27.